The molecule has 1 saturated carbocycles. The first-order chi connectivity index (χ1) is 63.1. The highest BCUT2D eigenvalue weighted by Gasteiger charge is 2.66. The van der Waals surface area contributed by atoms with E-state index in [4.69, 9.17) is 46.8 Å². The fraction of sp³-hybridized carbons (Fsp3) is 0.400. The van der Waals surface area contributed by atoms with Gasteiger partial charge in [-0.15, -0.1) is 0 Å². The van der Waals surface area contributed by atoms with Crippen LogP contribution >= 0.6 is 0 Å². The summed E-state index contributed by atoms with van der Waals surface area (Å²) in [6.07, 6.45) is 4.37. The number of ketones is 5. The van der Waals surface area contributed by atoms with E-state index in [0.717, 1.165) is 51.8 Å². The van der Waals surface area contributed by atoms with Crippen LogP contribution in [-0.2, 0) is 50.8 Å². The molecule has 13 rings (SSSR count). The number of rotatable bonds is 22. The Balaban J connectivity index is 0.000000206. The molecule has 1 aromatic heterocycles. The molecule has 718 valence electrons. The molecule has 0 radical (unpaired) electrons. The summed E-state index contributed by atoms with van der Waals surface area (Å²) in [7, 11) is 27.4. The van der Waals surface area contributed by atoms with Crippen molar-refractivity contribution < 1.29 is 120 Å². The van der Waals surface area contributed by atoms with E-state index in [-0.39, 0.29) is 87.2 Å². The number of benzene rings is 7. The summed E-state index contributed by atoms with van der Waals surface area (Å²) in [5, 5.41) is 48.6. The molecule has 134 heavy (non-hydrogen) atoms. The van der Waals surface area contributed by atoms with Crippen LogP contribution in [0.4, 0.5) is 22.7 Å². The lowest BCUT2D eigenvalue weighted by Gasteiger charge is -2.51. The maximum absolute atomic E-state index is 14.3. The molecule has 7 atom stereocenters. The second-order valence-corrected chi connectivity index (χ2v) is 39.6. The van der Waals surface area contributed by atoms with Crippen molar-refractivity contribution in [1.82, 2.24) is 15.0 Å². The molecule has 0 spiro atoms. The molecule has 0 saturated heterocycles. The van der Waals surface area contributed by atoms with Crippen molar-refractivity contribution in [2.75, 3.05) is 142 Å². The van der Waals surface area contributed by atoms with Crippen molar-refractivity contribution in [3.05, 3.63) is 239 Å². The van der Waals surface area contributed by atoms with Crippen molar-refractivity contribution in [2.45, 2.75) is 123 Å². The van der Waals surface area contributed by atoms with E-state index in [0.29, 0.717) is 69.6 Å². The summed E-state index contributed by atoms with van der Waals surface area (Å²) < 4.78 is 63.8. The van der Waals surface area contributed by atoms with Crippen LogP contribution in [0.1, 0.15) is 143 Å². The molecule has 7 aromatic carbocycles. The first-order valence-electron chi connectivity index (χ1n) is 42.8. The number of carbonyl (C=O) groups is 9. The average Bonchev–Trinajstić information content (AvgIpc) is 1.11. The van der Waals surface area contributed by atoms with Crippen LogP contribution in [0.5, 0.6) is 40.4 Å². The van der Waals surface area contributed by atoms with Crippen molar-refractivity contribution in [3.8, 4) is 40.4 Å². The van der Waals surface area contributed by atoms with Gasteiger partial charge in [0, 0.05) is 88.4 Å². The van der Waals surface area contributed by atoms with Gasteiger partial charge in [0.25, 0.3) is 11.6 Å². The molecule has 3 N–H and O–H groups in total. The number of likely N-dealkylation sites (N-methyl/N-ethyl adjacent to an activating group) is 1. The van der Waals surface area contributed by atoms with Crippen LogP contribution < -0.4 is 47.9 Å². The zero-order chi connectivity index (χ0) is 100.0. The van der Waals surface area contributed by atoms with Crippen molar-refractivity contribution in [3.63, 3.8) is 0 Å². The molecule has 8 aromatic rings. The number of anilines is 3. The highest BCUT2D eigenvalue weighted by molar-refractivity contribution is 6.74. The number of nitro groups is 1. The topological polar surface area (TPSA) is 401 Å². The fourth-order valence-corrected chi connectivity index (χ4v) is 18.5. The first-order valence-corrected chi connectivity index (χ1v) is 45.7. The molecular formula is C100H123N7O26Si. The maximum atomic E-state index is 14.3. The summed E-state index contributed by atoms with van der Waals surface area (Å²) in [6, 6.07) is 36.3. The zero-order valence-electron chi connectivity index (χ0n) is 81.4. The number of ether oxygens (including phenoxy) is 10. The molecule has 1 heterocycles. The number of carbonyl (C=O) groups excluding carboxylic acids is 9. The third-order valence-electron chi connectivity index (χ3n) is 24.6. The van der Waals surface area contributed by atoms with Crippen molar-refractivity contribution in [2.24, 2.45) is 17.8 Å². The van der Waals surface area contributed by atoms with Gasteiger partial charge < -0.3 is 86.3 Å². The number of nitrogens with zero attached hydrogens (tertiary/aromatic N) is 7. The number of aliphatic hydroxyl groups excluding tert-OH is 2. The number of fused-ring (bicyclic) bond motifs is 5. The minimum absolute atomic E-state index is 0.0261. The number of hydrogen-bond donors (Lipinski definition) is 3. The highest BCUT2D eigenvalue weighted by Crippen LogP contribution is 2.57. The Morgan fingerprint density at radius 1 is 0.567 bits per heavy atom. The summed E-state index contributed by atoms with van der Waals surface area (Å²) >= 11 is 0. The Kier molecular flexibility index (Phi) is 35.0. The number of esters is 4. The predicted molar refractivity (Wildman–Crippen MR) is 508 cm³/mol. The standard InChI is InChI=1S/C26H34N2O5Si.C25H30N2O7.C17H19NO3.C12H17NO3.C10H11NO5.C10H12O3/c1-25(2,3)34(6,7)33-26-18(14-11-15-19(26)29)21(28(4)5)22-20(23(26)30)24(27-32-22)31-16-17-12-9-8-10-13-17;1-11(28)17-22(30)20(27(4)5)14-10-12-9-13-15(26(2)3)7-8-16(34-6)19(13)21(29)18(12)24(32)25(14,33)23(17)31;1-12-14(18(2)3)10-11-15(20-4)16(12)17(19)21-13-8-6-5-7-9-13;1-8-9(13(2)3)6-7-10(15-4)11(8)12(14)16-5;1-6-7(11(13)14)4-5-8(15-2)9(6)10(12)16-3;1-7-5-4-6-8(12-2)9(7)10(11)13-3/h8-13,15,18,21H,14,16H2,1-7H3;7-8,12,14,20,29,31,33H,9-10H2,1-6H3;5-11H,1-4H3;6-7H,1-5H3;4-5H,1-3H3;4-6H,1-3H3/t18-,21-,26-;12?,14-,20-,25+;;;;/m00..../s1. The first kappa shape index (κ1) is 106. The second kappa shape index (κ2) is 44.3. The van der Waals surface area contributed by atoms with Crippen LogP contribution in [0.25, 0.3) is 5.76 Å². The minimum atomic E-state index is -2.53. The van der Waals surface area contributed by atoms with Gasteiger partial charge in [0.1, 0.15) is 86.0 Å². The number of aliphatic hydroxyl groups is 3. The number of aromatic nitrogens is 1. The Bertz CT molecular complexity index is 5830. The number of allylic oxidation sites excluding steroid dienone is 1. The Labute approximate surface area is 782 Å². The lowest BCUT2D eigenvalue weighted by Crippen LogP contribution is -2.65. The maximum Gasteiger partial charge on any atom is 0.347 e. The van der Waals surface area contributed by atoms with Gasteiger partial charge in [-0.1, -0.05) is 87.5 Å². The van der Waals surface area contributed by atoms with Crippen molar-refractivity contribution >= 4 is 89.6 Å². The lowest BCUT2D eigenvalue weighted by molar-refractivity contribution is -0.385. The summed E-state index contributed by atoms with van der Waals surface area (Å²) in [4.78, 5) is 134. The highest BCUT2D eigenvalue weighted by atomic mass is 28.4. The van der Waals surface area contributed by atoms with Crippen LogP contribution in [0.2, 0.25) is 18.1 Å². The summed E-state index contributed by atoms with van der Waals surface area (Å²) in [5.41, 5.74) is 4.50. The summed E-state index contributed by atoms with van der Waals surface area (Å²) in [5.74, 6) is -4.69. The van der Waals surface area contributed by atoms with Gasteiger partial charge >= 0.3 is 23.9 Å². The van der Waals surface area contributed by atoms with Crippen LogP contribution in [-0.4, -0.2) is 241 Å². The normalized spacial score (nSPS) is 18.4. The van der Waals surface area contributed by atoms with Gasteiger partial charge in [-0.3, -0.25) is 43.9 Å². The fourth-order valence-electron chi connectivity index (χ4n) is 17.0. The van der Waals surface area contributed by atoms with E-state index in [1.165, 1.54) is 74.9 Å². The number of hydrogen-bond acceptors (Lipinski definition) is 32. The molecule has 0 aliphatic heterocycles. The van der Waals surface area contributed by atoms with E-state index in [9.17, 15) is 68.6 Å². The van der Waals surface area contributed by atoms with Crippen molar-refractivity contribution in [1.29, 1.82) is 0 Å². The van der Waals surface area contributed by atoms with E-state index in [1.54, 1.807) is 62.5 Å². The largest absolute Gasteiger partial charge is 0.508 e. The molecule has 0 bridgehead atoms. The quantitative estimate of drug-likeness (QED) is 0.00829. The number of Topliss-reactive ketones (excluding diaryl/α,β-unsaturated/α-hetero) is 4. The van der Waals surface area contributed by atoms with E-state index < -0.39 is 94.6 Å². The van der Waals surface area contributed by atoms with Gasteiger partial charge in [-0.05, 0) is 206 Å². The SMILES string of the molecule is CN(C)[C@@H]1c2onc(OCc3ccccc3)c2C(=O)[C@@]2(O[Si](C)(C)C(C)(C)C)C(=O)C=CC[C@@H]12.COC(=O)c1c(C)cccc1OC.COC(=O)c1c(OC)ccc(N(C)C)c1C.COC(=O)c1c(OC)ccc([N+](=O)[O-])c1C.COc1ccc(N(C)C)c(C)c1C(=O)Oc1ccccc1.COc1ccc(N(C)C)c2c1C(O)=C1C(=O)[C@]3(O)C(O)=C(C(C)=O)C(=O)[C@@H](N(C)C)[C@@H]3CC1C2. The number of aryl methyl sites for hydroxylation is 1. The molecule has 1 unspecified atom stereocenters. The minimum Gasteiger partial charge on any atom is -0.508 e. The molecule has 1 fully saturated rings. The number of para-hydroxylation sites is 1. The second-order valence-electron chi connectivity index (χ2n) is 34.9. The van der Waals surface area contributed by atoms with Gasteiger partial charge in [-0.25, -0.2) is 19.2 Å². The Hall–Kier alpha value is -13.5. The van der Waals surface area contributed by atoms with Crippen LogP contribution in [0, 0.1) is 55.6 Å². The van der Waals surface area contributed by atoms with Gasteiger partial charge in [0.05, 0.1) is 79.4 Å². The molecule has 33 nitrogen and oxygen atoms in total. The third-order valence-corrected chi connectivity index (χ3v) is 29.1. The van der Waals surface area contributed by atoms with E-state index in [1.807, 2.05) is 182 Å². The number of methoxy groups -OCH3 is 8. The lowest BCUT2D eigenvalue weighted by atomic mass is 9.57. The number of nitro benzene ring substituents is 1. The summed E-state index contributed by atoms with van der Waals surface area (Å²) in [6.45, 7) is 18.9. The Morgan fingerprint density at radius 2 is 1.04 bits per heavy atom. The molecule has 34 heteroatoms. The van der Waals surface area contributed by atoms with Gasteiger partial charge in [0.15, 0.2) is 42.6 Å². The average molecular weight is 1870 g/mol. The third kappa shape index (κ3) is 21.5. The van der Waals surface area contributed by atoms with E-state index in [2.05, 4.69) is 48.5 Å². The van der Waals surface area contributed by atoms with Gasteiger partial charge in [-0.2, -0.15) is 0 Å². The van der Waals surface area contributed by atoms with Crippen LogP contribution in [0.15, 0.2) is 161 Å². The predicted octanol–water partition coefficient (Wildman–Crippen LogP) is 15.0. The smallest absolute Gasteiger partial charge is 0.347 e. The van der Waals surface area contributed by atoms with Gasteiger partial charge in [0.2, 0.25) is 11.6 Å². The Morgan fingerprint density at radius 3 is 1.51 bits per heavy atom. The monoisotopic (exact) mass is 1870 g/mol. The molecule has 0 amide bonds. The molecule has 5 aliphatic carbocycles. The molecule has 5 aliphatic rings. The zero-order valence-corrected chi connectivity index (χ0v) is 82.4. The molecular weight excluding hydrogens is 1740 g/mol. The van der Waals surface area contributed by atoms with E-state index >= 15 is 0 Å². The van der Waals surface area contributed by atoms with Crippen LogP contribution in [0.3, 0.4) is 0 Å².